The van der Waals surface area contributed by atoms with Crippen LogP contribution in [0.1, 0.15) is 83.2 Å². The highest BCUT2D eigenvalue weighted by Gasteiger charge is 2.62. The van der Waals surface area contributed by atoms with Gasteiger partial charge in [0, 0.05) is 62.3 Å². The fourth-order valence-corrected chi connectivity index (χ4v) is 6.78. The number of carbonyl (C=O) groups excluding carboxylic acids is 2. The molecule has 2 atom stereocenters. The van der Waals surface area contributed by atoms with Gasteiger partial charge in [0.15, 0.2) is 0 Å². The van der Waals surface area contributed by atoms with E-state index in [9.17, 15) is 18.4 Å². The molecule has 2 aliphatic carbocycles. The Labute approximate surface area is 215 Å². The molecule has 0 bridgehead atoms. The summed E-state index contributed by atoms with van der Waals surface area (Å²) in [6.45, 7) is 4.19. The molecule has 2 saturated carbocycles. The summed E-state index contributed by atoms with van der Waals surface area (Å²) in [5, 5.41) is 7.22. The van der Waals surface area contributed by atoms with E-state index in [0.717, 1.165) is 70.6 Å². The molecule has 1 aromatic heterocycles. The zero-order valence-corrected chi connectivity index (χ0v) is 21.4. The number of amides is 2. The number of fused-ring (bicyclic) bond motifs is 2. The molecule has 7 nitrogen and oxygen atoms in total. The number of nitrogens with one attached hydrogen (secondary N) is 1. The number of halogens is 2. The lowest BCUT2D eigenvalue weighted by molar-refractivity contribution is -0.0106. The van der Waals surface area contributed by atoms with Gasteiger partial charge in [0.05, 0.1) is 5.69 Å². The quantitative estimate of drug-likeness (QED) is 0.598. The molecule has 2 aliphatic heterocycles. The van der Waals surface area contributed by atoms with Crippen molar-refractivity contribution in [3.63, 3.8) is 0 Å². The number of rotatable bonds is 7. The molecule has 1 aromatic carbocycles. The second-order valence-corrected chi connectivity index (χ2v) is 11.7. The number of hydrogen-bond donors (Lipinski definition) is 1. The zero-order chi connectivity index (χ0) is 25.9. The lowest BCUT2D eigenvalue weighted by Gasteiger charge is -2.30. The monoisotopic (exact) mass is 512 g/mol. The number of likely N-dealkylation sites (tertiary alicyclic amines) is 1. The number of nitrogens with zero attached hydrogens (tertiary/aromatic N) is 3. The Kier molecular flexibility index (Phi) is 5.89. The topological polar surface area (TPSA) is 78.7 Å². The minimum atomic E-state index is -3.00. The molecule has 0 spiro atoms. The number of piperidine rings is 1. The maximum atomic E-state index is 13.6. The average Bonchev–Trinajstić information content (AvgIpc) is 3.22. The van der Waals surface area contributed by atoms with Crippen LogP contribution < -0.4 is 5.32 Å². The minimum Gasteiger partial charge on any atom is -0.355 e. The van der Waals surface area contributed by atoms with Crippen molar-refractivity contribution < 1.29 is 22.9 Å². The molecule has 4 aliphatic rings. The normalized spacial score (nSPS) is 29.4. The molecule has 2 amide bonds. The molecule has 9 heteroatoms. The van der Waals surface area contributed by atoms with Crippen molar-refractivity contribution in [2.45, 2.75) is 69.4 Å². The van der Waals surface area contributed by atoms with Gasteiger partial charge in [0.25, 0.3) is 11.8 Å². The Morgan fingerprint density at radius 3 is 2.78 bits per heavy atom. The third-order valence-corrected chi connectivity index (χ3v) is 9.10. The molecule has 2 aromatic rings. The van der Waals surface area contributed by atoms with Crippen molar-refractivity contribution in [3.05, 3.63) is 52.4 Å². The van der Waals surface area contributed by atoms with Crippen LogP contribution in [0.2, 0.25) is 0 Å². The molecule has 1 saturated heterocycles. The van der Waals surface area contributed by atoms with Crippen LogP contribution in [-0.4, -0.2) is 59.5 Å². The number of aromatic nitrogens is 1. The summed E-state index contributed by atoms with van der Waals surface area (Å²) in [5.41, 5.74) is 2.65. The van der Waals surface area contributed by atoms with E-state index >= 15 is 0 Å². The van der Waals surface area contributed by atoms with Crippen LogP contribution in [0.25, 0.3) is 0 Å². The van der Waals surface area contributed by atoms with Crippen molar-refractivity contribution in [2.24, 2.45) is 11.8 Å². The Balaban J connectivity index is 0.968. The molecule has 6 rings (SSSR count). The molecular formula is C28H34F2N4O3. The van der Waals surface area contributed by atoms with Gasteiger partial charge in [0.2, 0.25) is 5.76 Å². The SMILES string of the molecule is CN1Cc2c(C(=O)N[C@H]3CC[C@H](CCN4C[C@@H]5C[C@]5(c5cc(C(C)(F)F)on5)C4)CC3)cccc2C1=O. The number of hydrogen-bond acceptors (Lipinski definition) is 5. The fourth-order valence-electron chi connectivity index (χ4n) is 6.78. The van der Waals surface area contributed by atoms with E-state index in [2.05, 4.69) is 15.4 Å². The highest BCUT2D eigenvalue weighted by Crippen LogP contribution is 2.59. The Bertz CT molecular complexity index is 1220. The molecule has 0 radical (unpaired) electrons. The summed E-state index contributed by atoms with van der Waals surface area (Å²) < 4.78 is 32.1. The van der Waals surface area contributed by atoms with Crippen molar-refractivity contribution >= 4 is 11.8 Å². The van der Waals surface area contributed by atoms with Crippen molar-refractivity contribution in [2.75, 3.05) is 26.7 Å². The van der Waals surface area contributed by atoms with Gasteiger partial charge >= 0.3 is 5.92 Å². The van der Waals surface area contributed by atoms with E-state index in [-0.39, 0.29) is 29.0 Å². The minimum absolute atomic E-state index is 0.0281. The van der Waals surface area contributed by atoms with Crippen LogP contribution in [-0.2, 0) is 17.9 Å². The van der Waals surface area contributed by atoms with Gasteiger partial charge in [-0.3, -0.25) is 9.59 Å². The standard InChI is InChI=1S/C28H34F2N4O3/c1-27(29,30)24-12-23(32-37-24)28-13-18(28)14-34(16-28)11-10-17-6-8-19(9-7-17)31-25(35)20-4-3-5-21-22(20)15-33(2)26(21)36/h3-5,12,17-19H,6-11,13-16H2,1-2H3,(H,31,35)/t17-,18-,19-,28-/m0/s1. The first-order valence-corrected chi connectivity index (χ1v) is 13.4. The molecule has 37 heavy (non-hydrogen) atoms. The first-order chi connectivity index (χ1) is 17.6. The number of benzene rings is 1. The van der Waals surface area contributed by atoms with Gasteiger partial charge < -0.3 is 19.6 Å². The van der Waals surface area contributed by atoms with Crippen LogP contribution in [0.15, 0.2) is 28.8 Å². The fraction of sp³-hybridized carbons (Fsp3) is 0.607. The predicted molar refractivity (Wildman–Crippen MR) is 132 cm³/mol. The first-order valence-electron chi connectivity index (χ1n) is 13.4. The van der Waals surface area contributed by atoms with Crippen LogP contribution in [0, 0.1) is 11.8 Å². The maximum absolute atomic E-state index is 13.6. The van der Waals surface area contributed by atoms with Crippen molar-refractivity contribution in [1.29, 1.82) is 0 Å². The van der Waals surface area contributed by atoms with Gasteiger partial charge in [-0.05, 0) is 74.6 Å². The van der Waals surface area contributed by atoms with Gasteiger partial charge in [-0.15, -0.1) is 0 Å². The van der Waals surface area contributed by atoms with Crippen LogP contribution >= 0.6 is 0 Å². The molecule has 198 valence electrons. The van der Waals surface area contributed by atoms with E-state index < -0.39 is 5.92 Å². The predicted octanol–water partition coefficient (Wildman–Crippen LogP) is 4.32. The smallest absolute Gasteiger partial charge is 0.304 e. The molecule has 3 heterocycles. The molecule has 3 fully saturated rings. The molecule has 0 unspecified atom stereocenters. The number of carbonyl (C=O) groups is 2. The average molecular weight is 513 g/mol. The van der Waals surface area contributed by atoms with E-state index in [1.54, 1.807) is 24.1 Å². The van der Waals surface area contributed by atoms with Crippen molar-refractivity contribution in [3.8, 4) is 0 Å². The van der Waals surface area contributed by atoms with Crippen LogP contribution in [0.5, 0.6) is 0 Å². The summed E-state index contributed by atoms with van der Waals surface area (Å²) in [6, 6.07) is 7.01. The van der Waals surface area contributed by atoms with Crippen LogP contribution in [0.3, 0.4) is 0 Å². The molecular weight excluding hydrogens is 478 g/mol. The highest BCUT2D eigenvalue weighted by atomic mass is 19.3. The maximum Gasteiger partial charge on any atom is 0.304 e. The summed E-state index contributed by atoms with van der Waals surface area (Å²) in [5.74, 6) is -2.34. The number of alkyl halides is 2. The Morgan fingerprint density at radius 2 is 2.05 bits per heavy atom. The van der Waals surface area contributed by atoms with E-state index in [1.165, 1.54) is 6.07 Å². The van der Waals surface area contributed by atoms with Gasteiger partial charge in [-0.25, -0.2) is 0 Å². The summed E-state index contributed by atoms with van der Waals surface area (Å²) in [4.78, 5) is 29.4. The third kappa shape index (κ3) is 4.45. The largest absolute Gasteiger partial charge is 0.355 e. The molecule has 1 N–H and O–H groups in total. The Morgan fingerprint density at radius 1 is 1.27 bits per heavy atom. The first kappa shape index (κ1) is 24.5. The van der Waals surface area contributed by atoms with E-state index in [1.807, 2.05) is 6.07 Å². The van der Waals surface area contributed by atoms with E-state index in [0.29, 0.717) is 35.2 Å². The van der Waals surface area contributed by atoms with Gasteiger partial charge in [-0.2, -0.15) is 8.78 Å². The lowest BCUT2D eigenvalue weighted by Crippen LogP contribution is -2.38. The highest BCUT2D eigenvalue weighted by molar-refractivity contribution is 6.04. The Hall–Kier alpha value is -2.81. The zero-order valence-electron chi connectivity index (χ0n) is 21.4. The van der Waals surface area contributed by atoms with E-state index in [4.69, 9.17) is 4.52 Å². The summed E-state index contributed by atoms with van der Waals surface area (Å²) >= 11 is 0. The second-order valence-electron chi connectivity index (χ2n) is 11.7. The third-order valence-electron chi connectivity index (χ3n) is 9.10. The van der Waals surface area contributed by atoms with Gasteiger partial charge in [0.1, 0.15) is 0 Å². The van der Waals surface area contributed by atoms with Crippen LogP contribution in [0.4, 0.5) is 8.78 Å². The summed E-state index contributed by atoms with van der Waals surface area (Å²) in [7, 11) is 1.76. The lowest BCUT2D eigenvalue weighted by atomic mass is 9.84. The summed E-state index contributed by atoms with van der Waals surface area (Å²) in [6.07, 6.45) is 6.21. The van der Waals surface area contributed by atoms with Crippen molar-refractivity contribution in [1.82, 2.24) is 20.3 Å². The van der Waals surface area contributed by atoms with Gasteiger partial charge in [-0.1, -0.05) is 11.2 Å². The second kappa shape index (κ2) is 8.89.